The van der Waals surface area contributed by atoms with Gasteiger partial charge in [0.15, 0.2) is 0 Å². The van der Waals surface area contributed by atoms with Crippen molar-refractivity contribution in [3.8, 4) is 11.5 Å². The van der Waals surface area contributed by atoms with E-state index in [0.29, 0.717) is 10.9 Å². The number of benzene rings is 1. The summed E-state index contributed by atoms with van der Waals surface area (Å²) < 4.78 is 12.6. The molecule has 1 fully saturated rings. The molecule has 0 saturated carbocycles. The first kappa shape index (κ1) is 20.4. The molecule has 1 amide bonds. The number of methoxy groups -OCH3 is 2. The average molecular weight is 406 g/mol. The van der Waals surface area contributed by atoms with Gasteiger partial charge in [0, 0.05) is 12.1 Å². The molecule has 9 heteroatoms. The Labute approximate surface area is 169 Å². The topological polar surface area (TPSA) is 82.4 Å². The van der Waals surface area contributed by atoms with Crippen molar-refractivity contribution in [1.29, 1.82) is 0 Å². The summed E-state index contributed by atoms with van der Waals surface area (Å²) >= 11 is 1.37. The van der Waals surface area contributed by atoms with Gasteiger partial charge in [-0.15, -0.1) is 5.10 Å². The predicted molar refractivity (Wildman–Crippen MR) is 107 cm³/mol. The van der Waals surface area contributed by atoms with Gasteiger partial charge >= 0.3 is 0 Å². The Hall–Kier alpha value is -2.29. The monoisotopic (exact) mass is 405 g/mol. The molecular formula is C19H27N5O3S. The fourth-order valence-corrected chi connectivity index (χ4v) is 4.33. The number of thioether (sulfide) groups is 1. The number of aromatic nitrogens is 4. The minimum Gasteiger partial charge on any atom is -0.497 e. The van der Waals surface area contributed by atoms with E-state index in [1.165, 1.54) is 11.8 Å². The summed E-state index contributed by atoms with van der Waals surface area (Å²) in [5.74, 6) is 1.89. The van der Waals surface area contributed by atoms with Crippen molar-refractivity contribution >= 4 is 17.7 Å². The van der Waals surface area contributed by atoms with Crippen LogP contribution in [0.15, 0.2) is 23.4 Å². The number of nitrogens with zero attached hydrogens (tertiary/aromatic N) is 5. The number of rotatable bonds is 6. The van der Waals surface area contributed by atoms with Gasteiger partial charge in [-0.05, 0) is 62.2 Å². The Balaban J connectivity index is 1.75. The number of carbonyl (C=O) groups is 1. The number of likely N-dealkylation sites (tertiary alicyclic amines) is 1. The Morgan fingerprint density at radius 2 is 2.07 bits per heavy atom. The van der Waals surface area contributed by atoms with Crippen LogP contribution in [0.1, 0.15) is 45.2 Å². The minimum atomic E-state index is -0.237. The first-order valence-electron chi connectivity index (χ1n) is 9.28. The Kier molecular flexibility index (Phi) is 6.12. The van der Waals surface area contributed by atoms with Crippen LogP contribution in [0.3, 0.4) is 0 Å². The highest BCUT2D eigenvalue weighted by atomic mass is 32.2. The van der Waals surface area contributed by atoms with Gasteiger partial charge in [-0.25, -0.2) is 4.68 Å². The van der Waals surface area contributed by atoms with Crippen molar-refractivity contribution in [3.05, 3.63) is 23.8 Å². The van der Waals surface area contributed by atoms with Crippen LogP contribution in [-0.4, -0.2) is 57.5 Å². The molecule has 1 aliphatic rings. The molecule has 3 rings (SSSR count). The lowest BCUT2D eigenvalue weighted by Gasteiger charge is -2.27. The molecule has 1 atom stereocenters. The van der Waals surface area contributed by atoms with Gasteiger partial charge in [0.2, 0.25) is 11.1 Å². The molecule has 1 aromatic heterocycles. The maximum absolute atomic E-state index is 13.0. The fraction of sp³-hybridized carbons (Fsp3) is 0.579. The van der Waals surface area contributed by atoms with E-state index in [-0.39, 0.29) is 17.5 Å². The number of amides is 1. The molecule has 8 nitrogen and oxygen atoms in total. The first-order valence-corrected chi connectivity index (χ1v) is 10.3. The van der Waals surface area contributed by atoms with Crippen LogP contribution < -0.4 is 9.47 Å². The predicted octanol–water partition coefficient (Wildman–Crippen LogP) is 2.90. The lowest BCUT2D eigenvalue weighted by Crippen LogP contribution is -2.32. The summed E-state index contributed by atoms with van der Waals surface area (Å²) in [6, 6.07) is 5.70. The molecule has 152 valence electrons. The molecule has 28 heavy (non-hydrogen) atoms. The highest BCUT2D eigenvalue weighted by Crippen LogP contribution is 2.39. The third-order valence-corrected chi connectivity index (χ3v) is 5.67. The molecule has 0 aliphatic carbocycles. The second-order valence-electron chi connectivity index (χ2n) is 7.69. The number of carbonyl (C=O) groups excluding carboxylic acids is 1. The molecule has 0 bridgehead atoms. The maximum Gasteiger partial charge on any atom is 0.233 e. The van der Waals surface area contributed by atoms with Gasteiger partial charge in [0.05, 0.1) is 31.6 Å². The van der Waals surface area contributed by atoms with E-state index in [1.807, 2.05) is 43.9 Å². The third kappa shape index (κ3) is 4.24. The Morgan fingerprint density at radius 1 is 1.29 bits per heavy atom. The quantitative estimate of drug-likeness (QED) is 0.683. The first-order chi connectivity index (χ1) is 13.3. The molecule has 0 radical (unpaired) electrons. The maximum atomic E-state index is 13.0. The van der Waals surface area contributed by atoms with Crippen LogP contribution in [0, 0.1) is 0 Å². The lowest BCUT2D eigenvalue weighted by molar-refractivity contribution is -0.129. The molecule has 1 saturated heterocycles. The van der Waals surface area contributed by atoms with E-state index in [4.69, 9.17) is 9.47 Å². The zero-order valence-electron chi connectivity index (χ0n) is 17.0. The van der Waals surface area contributed by atoms with Gasteiger partial charge < -0.3 is 14.4 Å². The number of hydrogen-bond donors (Lipinski definition) is 0. The van der Waals surface area contributed by atoms with Gasteiger partial charge in [-0.1, -0.05) is 11.8 Å². The second kappa shape index (κ2) is 8.38. The van der Waals surface area contributed by atoms with Crippen molar-refractivity contribution in [2.75, 3.05) is 26.5 Å². The largest absolute Gasteiger partial charge is 0.497 e. The highest BCUT2D eigenvalue weighted by Gasteiger charge is 2.32. The zero-order valence-corrected chi connectivity index (χ0v) is 17.8. The normalized spacial score (nSPS) is 17.0. The number of tetrazole rings is 1. The van der Waals surface area contributed by atoms with Crippen molar-refractivity contribution < 1.29 is 14.3 Å². The zero-order chi connectivity index (χ0) is 20.3. The molecule has 0 spiro atoms. The van der Waals surface area contributed by atoms with Crippen LogP contribution in [-0.2, 0) is 10.3 Å². The second-order valence-corrected chi connectivity index (χ2v) is 8.63. The van der Waals surface area contributed by atoms with Crippen LogP contribution in [0.5, 0.6) is 11.5 Å². The van der Waals surface area contributed by atoms with Crippen LogP contribution in [0.25, 0.3) is 0 Å². The van der Waals surface area contributed by atoms with Crippen LogP contribution >= 0.6 is 11.8 Å². The molecule has 2 heterocycles. The number of hydrogen-bond acceptors (Lipinski definition) is 7. The summed E-state index contributed by atoms with van der Waals surface area (Å²) in [5.41, 5.74) is 0.746. The van der Waals surface area contributed by atoms with Crippen LogP contribution in [0.4, 0.5) is 0 Å². The molecule has 1 unspecified atom stereocenters. The Bertz CT molecular complexity index is 833. The van der Waals surface area contributed by atoms with Crippen LogP contribution in [0.2, 0.25) is 0 Å². The van der Waals surface area contributed by atoms with E-state index in [9.17, 15) is 4.79 Å². The minimum absolute atomic E-state index is 0.0169. The molecule has 1 aliphatic heterocycles. The van der Waals surface area contributed by atoms with Crippen molar-refractivity contribution in [2.45, 2.75) is 50.4 Å². The molecular weight excluding hydrogens is 378 g/mol. The third-order valence-electron chi connectivity index (χ3n) is 4.77. The SMILES string of the molecule is COc1ccc(OC)c(C2CCCN2C(=O)CSc2nnnn2C(C)(C)C)c1. The summed E-state index contributed by atoms with van der Waals surface area (Å²) in [5, 5.41) is 12.5. The Morgan fingerprint density at radius 3 is 2.75 bits per heavy atom. The summed E-state index contributed by atoms with van der Waals surface area (Å²) in [6.45, 7) is 6.82. The molecule has 0 N–H and O–H groups in total. The van der Waals surface area contributed by atoms with Gasteiger partial charge in [-0.3, -0.25) is 4.79 Å². The molecule has 2 aromatic rings. The van der Waals surface area contributed by atoms with E-state index < -0.39 is 0 Å². The van der Waals surface area contributed by atoms with E-state index >= 15 is 0 Å². The standard InChI is InChI=1S/C19H27N5O3S/c1-19(2,3)24-18(20-21-22-24)28-12-17(25)23-10-6-7-15(23)14-11-13(26-4)8-9-16(14)27-5/h8-9,11,15H,6-7,10,12H2,1-5H3. The smallest absolute Gasteiger partial charge is 0.233 e. The van der Waals surface area contributed by atoms with Gasteiger partial charge in [0.1, 0.15) is 11.5 Å². The van der Waals surface area contributed by atoms with Gasteiger partial charge in [-0.2, -0.15) is 0 Å². The van der Waals surface area contributed by atoms with Crippen molar-refractivity contribution in [2.24, 2.45) is 0 Å². The highest BCUT2D eigenvalue weighted by molar-refractivity contribution is 7.99. The summed E-state index contributed by atoms with van der Waals surface area (Å²) in [7, 11) is 3.29. The lowest BCUT2D eigenvalue weighted by atomic mass is 10.0. The van der Waals surface area contributed by atoms with Gasteiger partial charge in [0.25, 0.3) is 0 Å². The average Bonchev–Trinajstić information content (AvgIpc) is 3.34. The molecule has 1 aromatic carbocycles. The number of ether oxygens (including phenoxy) is 2. The summed E-state index contributed by atoms with van der Waals surface area (Å²) in [4.78, 5) is 14.9. The fourth-order valence-electron chi connectivity index (χ4n) is 3.39. The van der Waals surface area contributed by atoms with E-state index in [0.717, 1.165) is 36.4 Å². The van der Waals surface area contributed by atoms with Crippen molar-refractivity contribution in [1.82, 2.24) is 25.1 Å². The van der Waals surface area contributed by atoms with E-state index in [2.05, 4.69) is 15.5 Å². The summed E-state index contributed by atoms with van der Waals surface area (Å²) in [6.07, 6.45) is 1.86. The van der Waals surface area contributed by atoms with Crippen molar-refractivity contribution in [3.63, 3.8) is 0 Å². The van der Waals surface area contributed by atoms with E-state index in [1.54, 1.807) is 18.9 Å².